The van der Waals surface area contributed by atoms with Gasteiger partial charge in [-0.3, -0.25) is 0 Å². The van der Waals surface area contributed by atoms with Crippen molar-refractivity contribution in [2.45, 2.75) is 26.7 Å². The summed E-state index contributed by atoms with van der Waals surface area (Å²) in [4.78, 5) is 4.57. The van der Waals surface area contributed by atoms with Crippen molar-refractivity contribution in [3.8, 4) is 0 Å². The smallest absolute Gasteiger partial charge is 0.131 e. The maximum atomic E-state index is 4.57. The fourth-order valence-electron chi connectivity index (χ4n) is 1.76. The number of fused-ring (bicyclic) bond motifs is 1. The van der Waals surface area contributed by atoms with Crippen LogP contribution in [0.25, 0.3) is 0 Å². The number of pyridine rings is 1. The maximum absolute atomic E-state index is 4.57. The molecule has 0 aromatic carbocycles. The number of hydrogen-bond acceptors (Lipinski definition) is 3. The molecule has 0 aliphatic carbocycles. The number of rotatable bonds is 3. The van der Waals surface area contributed by atoms with Gasteiger partial charge < -0.3 is 10.6 Å². The van der Waals surface area contributed by atoms with E-state index in [-0.39, 0.29) is 0 Å². The normalized spacial score (nSPS) is 15.2. The summed E-state index contributed by atoms with van der Waals surface area (Å²) in [6, 6.07) is 4.23. The van der Waals surface area contributed by atoms with Crippen molar-refractivity contribution in [3.63, 3.8) is 0 Å². The van der Waals surface area contributed by atoms with E-state index in [4.69, 9.17) is 0 Å². The molecule has 0 atom stereocenters. The number of aromatic nitrogens is 1. The summed E-state index contributed by atoms with van der Waals surface area (Å²) in [5.74, 6) is 2.00. The Bertz CT molecular complexity index is 396. The molecular weight excluding hydrogens is 198 g/mol. The second-order valence-corrected chi connectivity index (χ2v) is 4.22. The predicted octanol–water partition coefficient (Wildman–Crippen LogP) is 2.82. The molecule has 0 spiro atoms. The van der Waals surface area contributed by atoms with Crippen molar-refractivity contribution in [3.05, 3.63) is 29.3 Å². The third kappa shape index (κ3) is 2.54. The van der Waals surface area contributed by atoms with Crippen LogP contribution in [0, 0.1) is 0 Å². The molecule has 0 unspecified atom stereocenters. The first-order valence-electron chi connectivity index (χ1n) is 5.89. The zero-order valence-corrected chi connectivity index (χ0v) is 10.0. The van der Waals surface area contributed by atoms with Crippen molar-refractivity contribution in [2.24, 2.45) is 0 Å². The minimum Gasteiger partial charge on any atom is -0.370 e. The Balaban J connectivity index is 2.05. The van der Waals surface area contributed by atoms with Crippen LogP contribution in [0.4, 0.5) is 11.6 Å². The Labute approximate surface area is 97.0 Å². The number of nitrogens with zero attached hydrogens (tertiary/aromatic N) is 1. The van der Waals surface area contributed by atoms with Crippen molar-refractivity contribution >= 4 is 11.6 Å². The van der Waals surface area contributed by atoms with Crippen LogP contribution in [-0.4, -0.2) is 18.1 Å². The standard InChI is InChI=1S/C13H19N3/c1-3-10(2)9-15-12-7-6-11-5-4-8-14-13(11)16-12/h3,6-7H,4-5,8-9H2,1-2H3,(H2,14,15,16)/b10-3+. The van der Waals surface area contributed by atoms with E-state index < -0.39 is 0 Å². The number of anilines is 2. The average Bonchev–Trinajstić information content (AvgIpc) is 2.35. The highest BCUT2D eigenvalue weighted by Gasteiger charge is 2.09. The van der Waals surface area contributed by atoms with Crippen LogP contribution >= 0.6 is 0 Å². The third-order valence-corrected chi connectivity index (χ3v) is 2.94. The molecule has 1 aliphatic heterocycles. The molecule has 1 aromatic rings. The average molecular weight is 217 g/mol. The van der Waals surface area contributed by atoms with E-state index in [1.54, 1.807) is 0 Å². The van der Waals surface area contributed by atoms with Gasteiger partial charge in [0.05, 0.1) is 0 Å². The van der Waals surface area contributed by atoms with E-state index in [0.717, 1.165) is 31.1 Å². The van der Waals surface area contributed by atoms with E-state index >= 15 is 0 Å². The molecule has 2 N–H and O–H groups in total. The Morgan fingerprint density at radius 3 is 3.25 bits per heavy atom. The highest BCUT2D eigenvalue weighted by atomic mass is 15.1. The Hall–Kier alpha value is -1.51. The van der Waals surface area contributed by atoms with Gasteiger partial charge in [0.15, 0.2) is 0 Å². The molecule has 2 rings (SSSR count). The third-order valence-electron chi connectivity index (χ3n) is 2.94. The lowest BCUT2D eigenvalue weighted by Crippen LogP contribution is -2.14. The molecule has 0 radical (unpaired) electrons. The summed E-state index contributed by atoms with van der Waals surface area (Å²) in [5.41, 5.74) is 2.66. The van der Waals surface area contributed by atoms with E-state index in [1.165, 1.54) is 17.6 Å². The predicted molar refractivity (Wildman–Crippen MR) is 69.0 cm³/mol. The molecule has 3 nitrogen and oxygen atoms in total. The van der Waals surface area contributed by atoms with Gasteiger partial charge in [0, 0.05) is 13.1 Å². The molecule has 0 fully saturated rings. The Morgan fingerprint density at radius 1 is 1.56 bits per heavy atom. The summed E-state index contributed by atoms with van der Waals surface area (Å²) in [7, 11) is 0. The second kappa shape index (κ2) is 5.01. The summed E-state index contributed by atoms with van der Waals surface area (Å²) in [6.07, 6.45) is 4.46. The molecule has 3 heteroatoms. The topological polar surface area (TPSA) is 37.0 Å². The fraction of sp³-hybridized carbons (Fsp3) is 0.462. The highest BCUT2D eigenvalue weighted by Crippen LogP contribution is 2.21. The molecule has 16 heavy (non-hydrogen) atoms. The molecule has 0 saturated carbocycles. The van der Waals surface area contributed by atoms with Crippen LogP contribution in [0.3, 0.4) is 0 Å². The van der Waals surface area contributed by atoms with Crippen LogP contribution in [-0.2, 0) is 6.42 Å². The van der Waals surface area contributed by atoms with Crippen LogP contribution < -0.4 is 10.6 Å². The molecular formula is C13H19N3. The number of hydrogen-bond donors (Lipinski definition) is 2. The monoisotopic (exact) mass is 217 g/mol. The minimum atomic E-state index is 0.863. The van der Waals surface area contributed by atoms with Gasteiger partial charge in [-0.15, -0.1) is 0 Å². The van der Waals surface area contributed by atoms with Crippen molar-refractivity contribution in [1.29, 1.82) is 0 Å². The molecule has 0 bridgehead atoms. The van der Waals surface area contributed by atoms with Gasteiger partial charge in [-0.05, 0) is 38.3 Å². The molecule has 2 heterocycles. The quantitative estimate of drug-likeness (QED) is 0.764. The van der Waals surface area contributed by atoms with E-state index in [0.29, 0.717) is 0 Å². The van der Waals surface area contributed by atoms with Crippen molar-refractivity contribution in [1.82, 2.24) is 4.98 Å². The van der Waals surface area contributed by atoms with Gasteiger partial charge in [0.2, 0.25) is 0 Å². The number of nitrogens with one attached hydrogen (secondary N) is 2. The molecule has 1 aliphatic rings. The summed E-state index contributed by atoms with van der Waals surface area (Å²) in [6.45, 7) is 6.07. The molecule has 86 valence electrons. The minimum absolute atomic E-state index is 0.863. The first-order chi connectivity index (χ1) is 7.79. The Morgan fingerprint density at radius 2 is 2.44 bits per heavy atom. The first-order valence-corrected chi connectivity index (χ1v) is 5.89. The highest BCUT2D eigenvalue weighted by molar-refractivity contribution is 5.53. The second-order valence-electron chi connectivity index (χ2n) is 4.22. The van der Waals surface area contributed by atoms with E-state index in [2.05, 4.69) is 47.7 Å². The van der Waals surface area contributed by atoms with Gasteiger partial charge >= 0.3 is 0 Å². The number of allylic oxidation sites excluding steroid dienone is 1. The van der Waals surface area contributed by atoms with Crippen LogP contribution in [0.2, 0.25) is 0 Å². The van der Waals surface area contributed by atoms with Crippen LogP contribution in [0.15, 0.2) is 23.8 Å². The lowest BCUT2D eigenvalue weighted by atomic mass is 10.1. The lowest BCUT2D eigenvalue weighted by Gasteiger charge is -2.17. The first kappa shape index (κ1) is 11.0. The van der Waals surface area contributed by atoms with Gasteiger partial charge in [-0.25, -0.2) is 4.98 Å². The Kier molecular flexibility index (Phi) is 3.44. The molecule has 0 saturated heterocycles. The summed E-state index contributed by atoms with van der Waals surface area (Å²) in [5, 5.41) is 6.66. The van der Waals surface area contributed by atoms with Gasteiger partial charge in [-0.2, -0.15) is 0 Å². The SMILES string of the molecule is C/C=C(\C)CNc1ccc2c(n1)NCCC2. The summed E-state index contributed by atoms with van der Waals surface area (Å²) < 4.78 is 0. The van der Waals surface area contributed by atoms with E-state index in [1.807, 2.05) is 0 Å². The maximum Gasteiger partial charge on any atom is 0.131 e. The van der Waals surface area contributed by atoms with Gasteiger partial charge in [0.25, 0.3) is 0 Å². The molecule has 0 amide bonds. The lowest BCUT2D eigenvalue weighted by molar-refractivity contribution is 0.818. The van der Waals surface area contributed by atoms with Crippen molar-refractivity contribution < 1.29 is 0 Å². The van der Waals surface area contributed by atoms with Crippen LogP contribution in [0.1, 0.15) is 25.8 Å². The summed E-state index contributed by atoms with van der Waals surface area (Å²) >= 11 is 0. The zero-order valence-electron chi connectivity index (χ0n) is 10.0. The number of aryl methyl sites for hydroxylation is 1. The zero-order chi connectivity index (χ0) is 11.4. The van der Waals surface area contributed by atoms with Gasteiger partial charge in [-0.1, -0.05) is 17.7 Å². The van der Waals surface area contributed by atoms with Gasteiger partial charge in [0.1, 0.15) is 11.6 Å². The van der Waals surface area contributed by atoms with Crippen LogP contribution in [0.5, 0.6) is 0 Å². The molecule has 1 aromatic heterocycles. The fourth-order valence-corrected chi connectivity index (χ4v) is 1.76. The van der Waals surface area contributed by atoms with E-state index in [9.17, 15) is 0 Å². The largest absolute Gasteiger partial charge is 0.370 e. The van der Waals surface area contributed by atoms with Crippen molar-refractivity contribution in [2.75, 3.05) is 23.7 Å².